The summed E-state index contributed by atoms with van der Waals surface area (Å²) in [6.45, 7) is 9.06. The molecule has 0 spiro atoms. The van der Waals surface area contributed by atoms with Crippen LogP contribution in [0.5, 0.6) is 5.75 Å². The van der Waals surface area contributed by atoms with Gasteiger partial charge in [-0.3, -0.25) is 14.3 Å². The van der Waals surface area contributed by atoms with Crippen molar-refractivity contribution in [2.24, 2.45) is 0 Å². The third kappa shape index (κ3) is 4.18. The van der Waals surface area contributed by atoms with Crippen LogP contribution in [0, 0.1) is 6.92 Å². The van der Waals surface area contributed by atoms with Crippen molar-refractivity contribution in [1.82, 2.24) is 19.8 Å². The average molecular weight is 393 g/mol. The molecule has 1 saturated heterocycles. The predicted octanol–water partition coefficient (Wildman–Crippen LogP) is 2.89. The molecule has 0 aliphatic carbocycles. The summed E-state index contributed by atoms with van der Waals surface area (Å²) in [5.41, 5.74) is 2.54. The highest BCUT2D eigenvalue weighted by atomic mass is 16.5. The van der Waals surface area contributed by atoms with E-state index in [0.717, 1.165) is 55.2 Å². The monoisotopic (exact) mass is 392 g/mol. The molecule has 1 aliphatic heterocycles. The second kappa shape index (κ2) is 8.76. The first-order valence-electron chi connectivity index (χ1n) is 10.3. The van der Waals surface area contributed by atoms with E-state index < -0.39 is 0 Å². The highest BCUT2D eigenvalue weighted by Crippen LogP contribution is 2.25. The van der Waals surface area contributed by atoms with Crippen molar-refractivity contribution in [2.45, 2.75) is 26.8 Å². The third-order valence-corrected chi connectivity index (χ3v) is 5.30. The second-order valence-electron chi connectivity index (χ2n) is 7.47. The summed E-state index contributed by atoms with van der Waals surface area (Å²) in [4.78, 5) is 20.8. The lowest BCUT2D eigenvalue weighted by Gasteiger charge is -2.23. The summed E-state index contributed by atoms with van der Waals surface area (Å²) >= 11 is 0. The highest BCUT2D eigenvalue weighted by molar-refractivity contribution is 5.78. The number of nitrogens with one attached hydrogen (secondary N) is 1. The highest BCUT2D eigenvalue weighted by Gasteiger charge is 2.19. The van der Waals surface area contributed by atoms with Gasteiger partial charge in [-0.05, 0) is 63.2 Å². The van der Waals surface area contributed by atoms with E-state index >= 15 is 0 Å². The number of rotatable bonds is 5. The normalized spacial score (nSPS) is 15.4. The Morgan fingerprint density at radius 3 is 2.86 bits per heavy atom. The molecule has 1 N–H and O–H groups in total. The Morgan fingerprint density at radius 2 is 2.00 bits per heavy atom. The smallest absolute Gasteiger partial charge is 0.266 e. The maximum atomic E-state index is 13.5. The minimum Gasteiger partial charge on any atom is -0.492 e. The SMILES string of the molecule is CCOc1cc(C)ccc1-n1c(CN2CCCNCC2)nc2ccccc2c1=O. The Morgan fingerprint density at radius 1 is 1.14 bits per heavy atom. The maximum Gasteiger partial charge on any atom is 0.266 e. The molecule has 0 saturated carbocycles. The Bertz CT molecular complexity index is 1050. The number of aromatic nitrogens is 2. The lowest BCUT2D eigenvalue weighted by molar-refractivity contribution is 0.274. The van der Waals surface area contributed by atoms with Gasteiger partial charge in [0, 0.05) is 13.1 Å². The minimum absolute atomic E-state index is 0.0525. The number of benzene rings is 2. The molecule has 0 amide bonds. The van der Waals surface area contributed by atoms with Crippen molar-refractivity contribution >= 4 is 10.9 Å². The zero-order valence-corrected chi connectivity index (χ0v) is 17.1. The van der Waals surface area contributed by atoms with Gasteiger partial charge in [-0.1, -0.05) is 18.2 Å². The lowest BCUT2D eigenvalue weighted by atomic mass is 10.2. The maximum absolute atomic E-state index is 13.5. The Kier molecular flexibility index (Phi) is 5.92. The van der Waals surface area contributed by atoms with E-state index in [1.807, 2.05) is 56.3 Å². The number of aryl methyl sites for hydroxylation is 1. The van der Waals surface area contributed by atoms with Gasteiger partial charge >= 0.3 is 0 Å². The zero-order valence-electron chi connectivity index (χ0n) is 17.1. The van der Waals surface area contributed by atoms with Crippen LogP contribution in [-0.2, 0) is 6.54 Å². The summed E-state index contributed by atoms with van der Waals surface area (Å²) in [6.07, 6.45) is 1.09. The standard InChI is InChI=1S/C23H28N4O2/c1-3-29-21-15-17(2)9-10-20(21)27-22(16-26-13-6-11-24-12-14-26)25-19-8-5-4-7-18(19)23(27)28/h4-5,7-10,15,24H,3,6,11-14,16H2,1-2H3. The summed E-state index contributed by atoms with van der Waals surface area (Å²) in [7, 11) is 0. The molecule has 6 nitrogen and oxygen atoms in total. The molecular formula is C23H28N4O2. The molecule has 3 aromatic rings. The number of hydrogen-bond donors (Lipinski definition) is 1. The molecule has 1 aliphatic rings. The number of nitrogens with zero attached hydrogens (tertiary/aromatic N) is 3. The van der Waals surface area contributed by atoms with Crippen LogP contribution in [-0.4, -0.2) is 47.2 Å². The van der Waals surface area contributed by atoms with Gasteiger partial charge in [0.05, 0.1) is 29.7 Å². The van der Waals surface area contributed by atoms with E-state index in [1.165, 1.54) is 0 Å². The van der Waals surface area contributed by atoms with Crippen LogP contribution in [0.3, 0.4) is 0 Å². The van der Waals surface area contributed by atoms with Crippen LogP contribution in [0.25, 0.3) is 16.6 Å². The number of ether oxygens (including phenoxy) is 1. The van der Waals surface area contributed by atoms with E-state index in [9.17, 15) is 4.79 Å². The van der Waals surface area contributed by atoms with Crippen molar-refractivity contribution in [3.63, 3.8) is 0 Å². The Labute approximate surface area is 171 Å². The van der Waals surface area contributed by atoms with Crippen molar-refractivity contribution in [1.29, 1.82) is 0 Å². The molecule has 152 valence electrons. The van der Waals surface area contributed by atoms with E-state index in [0.29, 0.717) is 24.3 Å². The van der Waals surface area contributed by atoms with Gasteiger partial charge < -0.3 is 10.1 Å². The van der Waals surface area contributed by atoms with Crippen LogP contribution < -0.4 is 15.6 Å². The predicted molar refractivity (Wildman–Crippen MR) is 116 cm³/mol. The van der Waals surface area contributed by atoms with E-state index in [2.05, 4.69) is 10.2 Å². The van der Waals surface area contributed by atoms with Crippen molar-refractivity contribution < 1.29 is 4.74 Å². The molecule has 6 heteroatoms. The number of para-hydroxylation sites is 1. The van der Waals surface area contributed by atoms with Gasteiger partial charge in [-0.25, -0.2) is 4.98 Å². The molecule has 2 aromatic carbocycles. The molecule has 0 unspecified atom stereocenters. The molecule has 0 radical (unpaired) electrons. The molecule has 4 rings (SSSR count). The molecule has 0 bridgehead atoms. The quantitative estimate of drug-likeness (QED) is 0.724. The van der Waals surface area contributed by atoms with Gasteiger partial charge in [0.25, 0.3) is 5.56 Å². The van der Waals surface area contributed by atoms with Crippen LogP contribution in [0.4, 0.5) is 0 Å². The van der Waals surface area contributed by atoms with Crippen LogP contribution in [0.1, 0.15) is 24.7 Å². The molecule has 1 fully saturated rings. The fourth-order valence-corrected chi connectivity index (χ4v) is 3.87. The van der Waals surface area contributed by atoms with E-state index in [1.54, 1.807) is 4.57 Å². The fraction of sp³-hybridized carbons (Fsp3) is 0.391. The topological polar surface area (TPSA) is 59.4 Å². The third-order valence-electron chi connectivity index (χ3n) is 5.30. The molecule has 2 heterocycles. The molecule has 0 atom stereocenters. The minimum atomic E-state index is -0.0525. The average Bonchev–Trinajstić information content (AvgIpc) is 2.98. The Hall–Kier alpha value is -2.70. The van der Waals surface area contributed by atoms with Crippen molar-refractivity contribution in [3.05, 3.63) is 64.2 Å². The van der Waals surface area contributed by atoms with Gasteiger partial charge in [0.15, 0.2) is 0 Å². The summed E-state index contributed by atoms with van der Waals surface area (Å²) in [5, 5.41) is 4.05. The summed E-state index contributed by atoms with van der Waals surface area (Å²) in [6, 6.07) is 13.5. The van der Waals surface area contributed by atoms with Crippen LogP contribution >= 0.6 is 0 Å². The first-order valence-corrected chi connectivity index (χ1v) is 10.3. The van der Waals surface area contributed by atoms with Crippen LogP contribution in [0.2, 0.25) is 0 Å². The summed E-state index contributed by atoms with van der Waals surface area (Å²) < 4.78 is 7.63. The Balaban J connectivity index is 1.89. The fourth-order valence-electron chi connectivity index (χ4n) is 3.87. The number of hydrogen-bond acceptors (Lipinski definition) is 5. The second-order valence-corrected chi connectivity index (χ2v) is 7.47. The lowest BCUT2D eigenvalue weighted by Crippen LogP contribution is -2.32. The first-order chi connectivity index (χ1) is 14.2. The molecule has 1 aromatic heterocycles. The van der Waals surface area contributed by atoms with E-state index in [4.69, 9.17) is 9.72 Å². The molecule has 29 heavy (non-hydrogen) atoms. The largest absolute Gasteiger partial charge is 0.492 e. The number of fused-ring (bicyclic) bond motifs is 1. The van der Waals surface area contributed by atoms with Gasteiger partial charge in [-0.15, -0.1) is 0 Å². The van der Waals surface area contributed by atoms with E-state index in [-0.39, 0.29) is 5.56 Å². The van der Waals surface area contributed by atoms with Crippen molar-refractivity contribution in [3.8, 4) is 11.4 Å². The molecular weight excluding hydrogens is 364 g/mol. The summed E-state index contributed by atoms with van der Waals surface area (Å²) in [5.74, 6) is 1.46. The first kappa shape index (κ1) is 19.6. The zero-order chi connectivity index (χ0) is 20.2. The van der Waals surface area contributed by atoms with Crippen LogP contribution in [0.15, 0.2) is 47.3 Å². The van der Waals surface area contributed by atoms with Gasteiger partial charge in [-0.2, -0.15) is 0 Å². The van der Waals surface area contributed by atoms with Gasteiger partial charge in [0.1, 0.15) is 11.6 Å². The van der Waals surface area contributed by atoms with Gasteiger partial charge in [0.2, 0.25) is 0 Å². The van der Waals surface area contributed by atoms with Crippen molar-refractivity contribution in [2.75, 3.05) is 32.8 Å².